The topological polar surface area (TPSA) is 139 Å². The van der Waals surface area contributed by atoms with Gasteiger partial charge in [-0.05, 0) is 51.4 Å². The van der Waals surface area contributed by atoms with E-state index >= 15 is 0 Å². The normalized spacial score (nSPS) is 18.1. The number of hydrogen-bond acceptors (Lipinski definition) is 6. The summed E-state index contributed by atoms with van der Waals surface area (Å²) in [4.78, 5) is 0. The molecule has 6 atom stereocenters. The molecule has 10 heteroatoms. The molecule has 0 aromatic rings. The maximum absolute atomic E-state index is 11.4. The third kappa shape index (κ3) is 13.5. The lowest BCUT2D eigenvalue weighted by Gasteiger charge is -2.23. The maximum atomic E-state index is 11.4. The molecule has 180 valence electrons. The van der Waals surface area contributed by atoms with Crippen LogP contribution in [0.2, 0.25) is 0 Å². The molecule has 8 nitrogen and oxygen atoms in total. The van der Waals surface area contributed by atoms with E-state index in [0.717, 1.165) is 0 Å². The van der Waals surface area contributed by atoms with E-state index < -0.39 is 30.5 Å². The van der Waals surface area contributed by atoms with Gasteiger partial charge in [0.2, 0.25) is 20.0 Å². The number of allylic oxidation sites excluding steroid dienone is 2. The number of sulfonamides is 2. The fourth-order valence-corrected chi connectivity index (χ4v) is 5.65. The van der Waals surface area contributed by atoms with E-state index in [-0.39, 0.29) is 24.0 Å². The monoisotopic (exact) mass is 470 g/mol. The van der Waals surface area contributed by atoms with Gasteiger partial charge in [0, 0.05) is 14.2 Å². The molecule has 0 heterocycles. The van der Waals surface area contributed by atoms with Gasteiger partial charge in [0.1, 0.15) is 0 Å². The second-order valence-electron chi connectivity index (χ2n) is 7.82. The van der Waals surface area contributed by atoms with Gasteiger partial charge in [-0.1, -0.05) is 26.0 Å². The van der Waals surface area contributed by atoms with Crippen molar-refractivity contribution in [2.75, 3.05) is 14.2 Å². The molecule has 0 saturated carbocycles. The summed E-state index contributed by atoms with van der Waals surface area (Å²) >= 11 is 0. The number of primary sulfonamides is 2. The van der Waals surface area contributed by atoms with Crippen LogP contribution in [-0.4, -0.2) is 53.8 Å². The number of hydrogen-bond donors (Lipinski definition) is 2. The summed E-state index contributed by atoms with van der Waals surface area (Å²) < 4.78 is 55.7. The van der Waals surface area contributed by atoms with E-state index in [4.69, 9.17) is 19.8 Å². The molecule has 0 aromatic heterocycles. The van der Waals surface area contributed by atoms with Crippen molar-refractivity contribution in [1.82, 2.24) is 0 Å². The van der Waals surface area contributed by atoms with E-state index in [9.17, 15) is 16.8 Å². The lowest BCUT2D eigenvalue weighted by molar-refractivity contribution is 0.106. The Morgan fingerprint density at radius 1 is 0.733 bits per heavy atom. The van der Waals surface area contributed by atoms with Crippen molar-refractivity contribution in [3.8, 4) is 0 Å². The molecular formula is C20H42N2O6S2. The van der Waals surface area contributed by atoms with Crippen LogP contribution in [0.1, 0.15) is 53.4 Å². The predicted octanol–water partition coefficient (Wildman–Crippen LogP) is 2.56. The second kappa shape index (κ2) is 15.1. The average Bonchev–Trinajstić information content (AvgIpc) is 2.62. The fraction of sp³-hybridized carbons (Fsp3) is 0.800. The third-order valence-corrected chi connectivity index (χ3v) is 8.13. The minimum Gasteiger partial charge on any atom is -0.382 e. The summed E-state index contributed by atoms with van der Waals surface area (Å²) in [6.45, 7) is 14.6. The Hall–Kier alpha value is -0.780. The highest BCUT2D eigenvalue weighted by Crippen LogP contribution is 2.21. The zero-order valence-electron chi connectivity index (χ0n) is 19.3. The predicted molar refractivity (Wildman–Crippen MR) is 124 cm³/mol. The molecule has 0 unspecified atom stereocenters. The first-order valence-electron chi connectivity index (χ1n) is 9.96. The molecular weight excluding hydrogens is 428 g/mol. The first-order chi connectivity index (χ1) is 13.6. The lowest BCUT2D eigenvalue weighted by atomic mass is 9.99. The van der Waals surface area contributed by atoms with Gasteiger partial charge in [-0.25, -0.2) is 27.1 Å². The van der Waals surface area contributed by atoms with Crippen LogP contribution in [0.25, 0.3) is 0 Å². The standard InChI is InChI=1S/2C10H21NO3S/c2*1-5-6-8(2)10(15(11,12)13)7-9(3)14-4/h2*5,8-10H,1,6-7H2,2-4H3,(H2,11,12,13)/t8-,9+,10+;8-,9+,10-/m00/s1. The van der Waals surface area contributed by atoms with Crippen molar-refractivity contribution in [2.45, 2.75) is 76.1 Å². The molecule has 30 heavy (non-hydrogen) atoms. The van der Waals surface area contributed by atoms with Crippen molar-refractivity contribution in [3.63, 3.8) is 0 Å². The van der Waals surface area contributed by atoms with Gasteiger partial charge < -0.3 is 9.47 Å². The zero-order chi connectivity index (χ0) is 24.1. The van der Waals surface area contributed by atoms with E-state index in [2.05, 4.69) is 13.2 Å². The van der Waals surface area contributed by atoms with Crippen LogP contribution < -0.4 is 10.3 Å². The van der Waals surface area contributed by atoms with Crippen LogP contribution in [-0.2, 0) is 29.5 Å². The van der Waals surface area contributed by atoms with Crippen LogP contribution in [0.15, 0.2) is 25.3 Å². The molecule has 0 radical (unpaired) electrons. The molecule has 0 rings (SSSR count). The highest BCUT2D eigenvalue weighted by molar-refractivity contribution is 7.90. The molecule has 0 amide bonds. The van der Waals surface area contributed by atoms with Gasteiger partial charge in [0.05, 0.1) is 22.7 Å². The summed E-state index contributed by atoms with van der Waals surface area (Å²) in [6.07, 6.45) is 5.31. The van der Waals surface area contributed by atoms with Crippen LogP contribution in [0.4, 0.5) is 0 Å². The highest BCUT2D eigenvalue weighted by atomic mass is 32.2. The first kappa shape index (κ1) is 31.4. The fourth-order valence-electron chi connectivity index (χ4n) is 3.06. The minimum atomic E-state index is -3.52. The summed E-state index contributed by atoms with van der Waals surface area (Å²) in [5.41, 5.74) is 0. The summed E-state index contributed by atoms with van der Waals surface area (Å²) in [7, 11) is -3.92. The Balaban J connectivity index is 0. The summed E-state index contributed by atoms with van der Waals surface area (Å²) in [5.74, 6) is -0.0646. The van der Waals surface area contributed by atoms with Crippen molar-refractivity contribution >= 4 is 20.0 Å². The van der Waals surface area contributed by atoms with Crippen LogP contribution in [0, 0.1) is 11.8 Å². The van der Waals surface area contributed by atoms with Gasteiger partial charge in [-0.3, -0.25) is 0 Å². The molecule has 0 spiro atoms. The Morgan fingerprint density at radius 2 is 1.00 bits per heavy atom. The Kier molecular flexibility index (Phi) is 15.8. The Morgan fingerprint density at radius 3 is 1.17 bits per heavy atom. The highest BCUT2D eigenvalue weighted by Gasteiger charge is 2.29. The quantitative estimate of drug-likeness (QED) is 0.374. The number of methoxy groups -OCH3 is 2. The van der Waals surface area contributed by atoms with Crippen molar-refractivity contribution < 1.29 is 26.3 Å². The van der Waals surface area contributed by atoms with Gasteiger partial charge >= 0.3 is 0 Å². The summed E-state index contributed by atoms with van der Waals surface area (Å²) in [5, 5.41) is 9.26. The molecule has 0 aliphatic carbocycles. The van der Waals surface area contributed by atoms with Crippen molar-refractivity contribution in [3.05, 3.63) is 25.3 Å². The molecule has 0 saturated heterocycles. The number of rotatable bonds is 14. The Labute approximate surface area is 184 Å². The Bertz CT molecular complexity index is 634. The van der Waals surface area contributed by atoms with Crippen molar-refractivity contribution in [1.29, 1.82) is 0 Å². The maximum Gasteiger partial charge on any atom is 0.212 e. The molecule has 0 aliphatic heterocycles. The van der Waals surface area contributed by atoms with Crippen LogP contribution in [0.3, 0.4) is 0 Å². The van der Waals surface area contributed by atoms with Gasteiger partial charge in [-0.15, -0.1) is 13.2 Å². The summed E-state index contributed by atoms with van der Waals surface area (Å²) in [6, 6.07) is 0. The van der Waals surface area contributed by atoms with Crippen LogP contribution in [0.5, 0.6) is 0 Å². The zero-order valence-corrected chi connectivity index (χ0v) is 20.9. The average molecular weight is 471 g/mol. The molecule has 0 fully saturated rings. The largest absolute Gasteiger partial charge is 0.382 e. The van der Waals surface area contributed by atoms with Gasteiger partial charge in [0.15, 0.2) is 0 Å². The number of ether oxygens (including phenoxy) is 2. The lowest BCUT2D eigenvalue weighted by Crippen LogP contribution is -2.36. The van der Waals surface area contributed by atoms with E-state index in [1.54, 1.807) is 26.4 Å². The van der Waals surface area contributed by atoms with E-state index in [0.29, 0.717) is 25.7 Å². The molecule has 0 aliphatic rings. The SMILES string of the molecule is C=CC[C@H](C)[C@@H](C[C@@H](C)OC)S(N)(=O)=O.C=CC[C@H](C)[C@H](C[C@@H](C)OC)S(N)(=O)=O. The van der Waals surface area contributed by atoms with Crippen molar-refractivity contribution in [2.24, 2.45) is 22.1 Å². The third-order valence-electron chi connectivity index (χ3n) is 5.12. The van der Waals surface area contributed by atoms with Gasteiger partial charge in [-0.2, -0.15) is 0 Å². The molecule has 4 N–H and O–H groups in total. The van der Waals surface area contributed by atoms with E-state index in [1.165, 1.54) is 0 Å². The first-order valence-corrected chi connectivity index (χ1v) is 13.2. The van der Waals surface area contributed by atoms with Gasteiger partial charge in [0.25, 0.3) is 0 Å². The minimum absolute atomic E-state index is 0.0323. The molecule has 0 bridgehead atoms. The smallest absolute Gasteiger partial charge is 0.212 e. The number of nitrogens with two attached hydrogens (primary N) is 2. The van der Waals surface area contributed by atoms with E-state index in [1.807, 2.05) is 27.7 Å². The molecule has 0 aromatic carbocycles. The second-order valence-corrected chi connectivity index (χ2v) is 11.4. The van der Waals surface area contributed by atoms with Crippen LogP contribution >= 0.6 is 0 Å².